The molecule has 9 nitrogen and oxygen atoms in total. The smallest absolute Gasteiger partial charge is 0.323 e. The minimum atomic E-state index is -0.468. The molecule has 3 aromatic heterocycles. The summed E-state index contributed by atoms with van der Waals surface area (Å²) in [5.74, 6) is -0.380. The van der Waals surface area contributed by atoms with Crippen molar-refractivity contribution in [1.29, 1.82) is 0 Å². The average Bonchev–Trinajstić information content (AvgIpc) is 3.38. The summed E-state index contributed by atoms with van der Waals surface area (Å²) in [6, 6.07) is 12.9. The van der Waals surface area contributed by atoms with Crippen LogP contribution in [0.2, 0.25) is 0 Å². The molecule has 0 aliphatic heterocycles. The minimum absolute atomic E-state index is 0.240. The van der Waals surface area contributed by atoms with E-state index in [0.29, 0.717) is 10.7 Å². The highest BCUT2D eigenvalue weighted by molar-refractivity contribution is 7.12. The number of hydrogen-bond acceptors (Lipinski definition) is 6. The molecule has 0 spiro atoms. The van der Waals surface area contributed by atoms with Crippen LogP contribution in [0.5, 0.6) is 0 Å². The van der Waals surface area contributed by atoms with Crippen LogP contribution in [0.1, 0.15) is 11.4 Å². The first-order valence-electron chi connectivity index (χ1n) is 8.52. The number of carbonyl (C=O) groups excluding carboxylic acids is 1. The highest BCUT2D eigenvalue weighted by Crippen LogP contribution is 2.21. The van der Waals surface area contributed by atoms with Gasteiger partial charge in [0.15, 0.2) is 0 Å². The second-order valence-corrected chi connectivity index (χ2v) is 7.11. The van der Waals surface area contributed by atoms with Gasteiger partial charge >= 0.3 is 5.69 Å². The highest BCUT2D eigenvalue weighted by Gasteiger charge is 2.15. The number of thiophene rings is 1. The van der Waals surface area contributed by atoms with E-state index in [1.165, 1.54) is 16.0 Å². The zero-order chi connectivity index (χ0) is 19.7. The molecule has 4 aromatic rings. The Bertz CT molecular complexity index is 1190. The Morgan fingerprint density at radius 1 is 1.11 bits per heavy atom. The Morgan fingerprint density at radius 2 is 1.93 bits per heavy atom. The van der Waals surface area contributed by atoms with Crippen LogP contribution < -0.4 is 11.0 Å². The summed E-state index contributed by atoms with van der Waals surface area (Å²) in [6.45, 7) is 3.62. The van der Waals surface area contributed by atoms with E-state index in [0.717, 1.165) is 21.8 Å². The van der Waals surface area contributed by atoms with Crippen molar-refractivity contribution in [2.75, 3.05) is 5.32 Å². The molecule has 0 aliphatic carbocycles. The predicted octanol–water partition coefficient (Wildman–Crippen LogP) is 1.93. The van der Waals surface area contributed by atoms with Gasteiger partial charge in [-0.3, -0.25) is 4.79 Å². The summed E-state index contributed by atoms with van der Waals surface area (Å²) < 4.78 is 3.97. The molecule has 142 valence electrons. The van der Waals surface area contributed by atoms with Gasteiger partial charge < -0.3 is 5.32 Å². The van der Waals surface area contributed by atoms with E-state index in [1.54, 1.807) is 16.8 Å². The average molecular weight is 395 g/mol. The van der Waals surface area contributed by atoms with Gasteiger partial charge in [0, 0.05) is 5.69 Å². The summed E-state index contributed by atoms with van der Waals surface area (Å²) >= 11 is 1.36. The van der Waals surface area contributed by atoms with Crippen molar-refractivity contribution in [1.82, 2.24) is 29.6 Å². The fourth-order valence-electron chi connectivity index (χ4n) is 2.86. The highest BCUT2D eigenvalue weighted by atomic mass is 32.1. The number of nitrogens with zero attached hydrogens (tertiary/aromatic N) is 6. The van der Waals surface area contributed by atoms with Gasteiger partial charge in [0.05, 0.1) is 17.1 Å². The van der Waals surface area contributed by atoms with Gasteiger partial charge in [0.1, 0.15) is 11.5 Å². The van der Waals surface area contributed by atoms with E-state index in [1.807, 2.05) is 49.6 Å². The van der Waals surface area contributed by atoms with Gasteiger partial charge in [0.2, 0.25) is 5.91 Å². The van der Waals surface area contributed by atoms with Crippen LogP contribution in [0.4, 0.5) is 5.69 Å². The first-order valence-corrected chi connectivity index (χ1v) is 9.40. The SMILES string of the molecule is Cc1cc(C)n(-c2ccccc2NC(=O)Cn2nnn(-c3cccs3)c2=O)n1. The van der Waals surface area contributed by atoms with Crippen LogP contribution in [0.25, 0.3) is 10.7 Å². The lowest BCUT2D eigenvalue weighted by molar-refractivity contribution is -0.117. The van der Waals surface area contributed by atoms with Crippen LogP contribution in [-0.4, -0.2) is 35.5 Å². The number of carbonyl (C=O) groups is 1. The molecule has 0 atom stereocenters. The molecule has 0 bridgehead atoms. The van der Waals surface area contributed by atoms with Crippen LogP contribution >= 0.6 is 11.3 Å². The number of aryl methyl sites for hydroxylation is 2. The molecule has 0 fully saturated rings. The third-order valence-electron chi connectivity index (χ3n) is 4.06. The predicted molar refractivity (Wildman–Crippen MR) is 105 cm³/mol. The van der Waals surface area contributed by atoms with Gasteiger partial charge in [-0.25, -0.2) is 9.48 Å². The second-order valence-electron chi connectivity index (χ2n) is 6.19. The maximum atomic E-state index is 12.5. The second kappa shape index (κ2) is 7.24. The molecule has 1 N–H and O–H groups in total. The quantitative estimate of drug-likeness (QED) is 0.557. The van der Waals surface area contributed by atoms with Crippen molar-refractivity contribution in [3.05, 3.63) is 69.7 Å². The van der Waals surface area contributed by atoms with Gasteiger partial charge in [0.25, 0.3) is 0 Å². The molecule has 0 aliphatic rings. The zero-order valence-electron chi connectivity index (χ0n) is 15.2. The van der Waals surface area contributed by atoms with Crippen LogP contribution in [0.15, 0.2) is 52.6 Å². The first kappa shape index (κ1) is 17.9. The Morgan fingerprint density at radius 3 is 2.64 bits per heavy atom. The standard InChI is InChI=1S/C18H17N7O2S/c1-12-10-13(2)24(20-12)15-7-4-3-6-14(15)19-16(26)11-23-18(27)25(22-21-23)17-8-5-9-28-17/h3-10H,11H2,1-2H3,(H,19,26). The van der Waals surface area contributed by atoms with Crippen LogP contribution in [0.3, 0.4) is 0 Å². The van der Waals surface area contributed by atoms with Crippen molar-refractivity contribution in [2.24, 2.45) is 0 Å². The summed E-state index contributed by atoms with van der Waals surface area (Å²) in [7, 11) is 0. The Kier molecular flexibility index (Phi) is 4.62. The lowest BCUT2D eigenvalue weighted by atomic mass is 10.2. The maximum Gasteiger partial charge on any atom is 0.369 e. The molecule has 4 rings (SSSR count). The van der Waals surface area contributed by atoms with Gasteiger partial charge in [-0.05, 0) is 60.0 Å². The normalized spacial score (nSPS) is 10.9. The number of benzene rings is 1. The Hall–Kier alpha value is -3.53. The van der Waals surface area contributed by atoms with Crippen molar-refractivity contribution >= 4 is 22.9 Å². The molecule has 28 heavy (non-hydrogen) atoms. The first-order chi connectivity index (χ1) is 13.5. The maximum absolute atomic E-state index is 12.5. The minimum Gasteiger partial charge on any atom is -0.323 e. The summed E-state index contributed by atoms with van der Waals surface area (Å²) in [5.41, 5.74) is 2.71. The third kappa shape index (κ3) is 3.37. The Labute approximate surface area is 163 Å². The molecule has 1 amide bonds. The summed E-state index contributed by atoms with van der Waals surface area (Å²) in [4.78, 5) is 24.9. The Balaban J connectivity index is 1.56. The molecule has 0 unspecified atom stereocenters. The summed E-state index contributed by atoms with van der Waals surface area (Å²) in [5, 5.41) is 17.4. The van der Waals surface area contributed by atoms with Crippen molar-refractivity contribution < 1.29 is 4.79 Å². The molecule has 1 aromatic carbocycles. The molecule has 0 saturated heterocycles. The van der Waals surface area contributed by atoms with Gasteiger partial charge in [-0.2, -0.15) is 14.5 Å². The van der Waals surface area contributed by atoms with Gasteiger partial charge in [-0.15, -0.1) is 11.3 Å². The number of aromatic nitrogens is 6. The fourth-order valence-corrected chi connectivity index (χ4v) is 3.53. The fraction of sp³-hybridized carbons (Fsp3) is 0.167. The lowest BCUT2D eigenvalue weighted by Gasteiger charge is -2.12. The van der Waals surface area contributed by atoms with E-state index in [-0.39, 0.29) is 12.5 Å². The van der Waals surface area contributed by atoms with Crippen molar-refractivity contribution in [2.45, 2.75) is 20.4 Å². The number of hydrogen-bond donors (Lipinski definition) is 1. The largest absolute Gasteiger partial charge is 0.369 e. The number of para-hydroxylation sites is 2. The van der Waals surface area contributed by atoms with E-state index in [9.17, 15) is 9.59 Å². The van der Waals surface area contributed by atoms with E-state index in [4.69, 9.17) is 0 Å². The molecule has 0 radical (unpaired) electrons. The summed E-state index contributed by atoms with van der Waals surface area (Å²) in [6.07, 6.45) is 0. The number of nitrogens with one attached hydrogen (secondary N) is 1. The topological polar surface area (TPSA) is 99.6 Å². The molecular weight excluding hydrogens is 378 g/mol. The van der Waals surface area contributed by atoms with E-state index >= 15 is 0 Å². The monoisotopic (exact) mass is 395 g/mol. The van der Waals surface area contributed by atoms with E-state index in [2.05, 4.69) is 20.8 Å². The molecule has 0 saturated carbocycles. The zero-order valence-corrected chi connectivity index (χ0v) is 16.1. The van der Waals surface area contributed by atoms with Crippen molar-refractivity contribution in [3.63, 3.8) is 0 Å². The van der Waals surface area contributed by atoms with E-state index < -0.39 is 5.69 Å². The lowest BCUT2D eigenvalue weighted by Crippen LogP contribution is -2.29. The molecular formula is C18H17N7O2S. The molecule has 10 heteroatoms. The number of rotatable bonds is 5. The van der Waals surface area contributed by atoms with Gasteiger partial charge in [-0.1, -0.05) is 12.1 Å². The third-order valence-corrected chi connectivity index (χ3v) is 4.91. The number of amides is 1. The van der Waals surface area contributed by atoms with Crippen LogP contribution in [0, 0.1) is 13.8 Å². The number of tetrazole rings is 1. The number of anilines is 1. The van der Waals surface area contributed by atoms with Crippen molar-refractivity contribution in [3.8, 4) is 10.7 Å². The van der Waals surface area contributed by atoms with Crippen LogP contribution in [-0.2, 0) is 11.3 Å². The molecule has 3 heterocycles.